The van der Waals surface area contributed by atoms with Gasteiger partial charge in [-0.15, -0.1) is 0 Å². The van der Waals surface area contributed by atoms with Crippen molar-refractivity contribution >= 4 is 17.4 Å². The van der Waals surface area contributed by atoms with Crippen LogP contribution in [0.15, 0.2) is 85.5 Å². The summed E-state index contributed by atoms with van der Waals surface area (Å²) >= 11 is 0. The molecule has 5 rings (SSSR count). The minimum absolute atomic E-state index is 0.142. The number of carbonyl (C=O) groups is 1. The van der Waals surface area contributed by atoms with Crippen LogP contribution in [0.25, 0.3) is 11.6 Å². The molecule has 1 saturated carbocycles. The van der Waals surface area contributed by atoms with Crippen molar-refractivity contribution in [3.63, 3.8) is 0 Å². The molecule has 0 aromatic heterocycles. The van der Waals surface area contributed by atoms with Gasteiger partial charge in [0, 0.05) is 0 Å². The molecule has 3 aromatic rings. The summed E-state index contributed by atoms with van der Waals surface area (Å²) < 4.78 is 0. The van der Waals surface area contributed by atoms with Crippen molar-refractivity contribution in [1.29, 1.82) is 0 Å². The Balaban J connectivity index is 1.38. The number of allylic oxidation sites excluding steroid dienone is 1. The van der Waals surface area contributed by atoms with Crippen LogP contribution in [0.1, 0.15) is 77.8 Å². The smallest absolute Gasteiger partial charge is 0.163 e. The van der Waals surface area contributed by atoms with E-state index in [1.165, 1.54) is 36.8 Å². The summed E-state index contributed by atoms with van der Waals surface area (Å²) in [6, 6.07) is 25.8. The zero-order valence-corrected chi connectivity index (χ0v) is 19.5. The van der Waals surface area contributed by atoms with E-state index in [2.05, 4.69) is 68.1 Å². The first-order valence-electron chi connectivity index (χ1n) is 12.3. The molecule has 1 nitrogen and oxygen atoms in total. The lowest BCUT2D eigenvalue weighted by molar-refractivity contribution is -0.116. The largest absolute Gasteiger partial charge is 0.294 e. The average molecular weight is 433 g/mol. The van der Waals surface area contributed by atoms with E-state index >= 15 is 0 Å². The molecular weight excluding hydrogens is 400 g/mol. The van der Waals surface area contributed by atoms with Crippen LogP contribution in [0.2, 0.25) is 0 Å². The maximum atomic E-state index is 12.8. The van der Waals surface area contributed by atoms with Crippen LogP contribution in [0.4, 0.5) is 0 Å². The lowest BCUT2D eigenvalue weighted by Gasteiger charge is -2.26. The van der Waals surface area contributed by atoms with Crippen LogP contribution in [0, 0.1) is 5.92 Å². The Bertz CT molecular complexity index is 1170. The maximum absolute atomic E-state index is 12.8. The van der Waals surface area contributed by atoms with Crippen LogP contribution >= 0.6 is 0 Å². The van der Waals surface area contributed by atoms with E-state index in [1.807, 2.05) is 24.3 Å². The van der Waals surface area contributed by atoms with Crippen LogP contribution in [0.5, 0.6) is 0 Å². The van der Waals surface area contributed by atoms with E-state index in [4.69, 9.17) is 0 Å². The molecule has 2 aliphatic carbocycles. The summed E-state index contributed by atoms with van der Waals surface area (Å²) in [7, 11) is 0. The van der Waals surface area contributed by atoms with E-state index in [-0.39, 0.29) is 11.7 Å². The van der Waals surface area contributed by atoms with Gasteiger partial charge in [-0.3, -0.25) is 4.79 Å². The van der Waals surface area contributed by atoms with Crippen molar-refractivity contribution in [1.82, 2.24) is 0 Å². The van der Waals surface area contributed by atoms with E-state index in [0.717, 1.165) is 40.2 Å². The Kier molecular flexibility index (Phi) is 6.13. The fraction of sp³-hybridized carbons (Fsp3) is 0.281. The standard InChI is InChI=1S/C32H32O/c1-22-8-10-26(11-9-22)27-14-12-25(13-15-27)23(2)29-17-16-28-18-19-32(33)31(30(28)21-29)20-24-6-4-3-5-7-24/h3-7,12-19,21-22,26,31H,2,8-11,20H2,1H3. The topological polar surface area (TPSA) is 17.1 Å². The third-order valence-corrected chi connectivity index (χ3v) is 7.61. The van der Waals surface area contributed by atoms with Crippen LogP contribution in [0.3, 0.4) is 0 Å². The SMILES string of the molecule is C=C(c1ccc(C2CCC(C)CC2)cc1)c1ccc2c(c1)C(Cc1ccccc1)C(=O)C=C2. The third kappa shape index (κ3) is 4.64. The lowest BCUT2D eigenvalue weighted by Crippen LogP contribution is -2.17. The first-order valence-corrected chi connectivity index (χ1v) is 12.3. The zero-order chi connectivity index (χ0) is 22.8. The van der Waals surface area contributed by atoms with Crippen LogP contribution < -0.4 is 0 Å². The summed E-state index contributed by atoms with van der Waals surface area (Å²) in [5.41, 5.74) is 8.15. The van der Waals surface area contributed by atoms with Crippen LogP contribution in [-0.4, -0.2) is 5.78 Å². The molecule has 1 heteroatoms. The molecule has 1 atom stereocenters. The van der Waals surface area contributed by atoms with E-state index in [9.17, 15) is 4.79 Å². The van der Waals surface area contributed by atoms with Crippen LogP contribution in [-0.2, 0) is 11.2 Å². The monoisotopic (exact) mass is 432 g/mol. The van der Waals surface area contributed by atoms with Gasteiger partial charge in [-0.1, -0.05) is 99.2 Å². The normalized spacial score (nSPS) is 22.1. The molecule has 0 radical (unpaired) electrons. The number of rotatable bonds is 5. The molecule has 0 N–H and O–H groups in total. The van der Waals surface area contributed by atoms with Gasteiger partial charge in [0.05, 0.1) is 5.92 Å². The first kappa shape index (κ1) is 21.6. The van der Waals surface area contributed by atoms with Gasteiger partial charge in [0.15, 0.2) is 5.78 Å². The van der Waals surface area contributed by atoms with E-state index in [1.54, 1.807) is 6.08 Å². The zero-order valence-electron chi connectivity index (χ0n) is 19.5. The van der Waals surface area contributed by atoms with Gasteiger partial charge >= 0.3 is 0 Å². The second kappa shape index (κ2) is 9.35. The highest BCUT2D eigenvalue weighted by molar-refractivity contribution is 6.02. The first-order chi connectivity index (χ1) is 16.1. The molecular formula is C32H32O. The minimum Gasteiger partial charge on any atom is -0.294 e. The van der Waals surface area contributed by atoms with E-state index in [0.29, 0.717) is 5.92 Å². The molecule has 0 amide bonds. The molecule has 0 bridgehead atoms. The van der Waals surface area contributed by atoms with Gasteiger partial charge in [0.25, 0.3) is 0 Å². The Morgan fingerprint density at radius 2 is 1.55 bits per heavy atom. The van der Waals surface area contributed by atoms with Gasteiger partial charge in [-0.05, 0) is 82.2 Å². The highest BCUT2D eigenvalue weighted by Crippen LogP contribution is 2.37. The predicted octanol–water partition coefficient (Wildman–Crippen LogP) is 7.96. The Hall–Kier alpha value is -3.19. The number of hydrogen-bond acceptors (Lipinski definition) is 1. The lowest BCUT2D eigenvalue weighted by atomic mass is 9.79. The van der Waals surface area contributed by atoms with Gasteiger partial charge in [0.1, 0.15) is 0 Å². The number of ketones is 1. The number of benzene rings is 3. The molecule has 0 heterocycles. The van der Waals surface area contributed by atoms with Gasteiger partial charge < -0.3 is 0 Å². The molecule has 166 valence electrons. The highest BCUT2D eigenvalue weighted by atomic mass is 16.1. The summed E-state index contributed by atoms with van der Waals surface area (Å²) in [6.07, 6.45) is 9.69. The average Bonchev–Trinajstić information content (AvgIpc) is 2.86. The summed E-state index contributed by atoms with van der Waals surface area (Å²) in [4.78, 5) is 12.8. The summed E-state index contributed by atoms with van der Waals surface area (Å²) in [6.45, 7) is 6.79. The highest BCUT2D eigenvalue weighted by Gasteiger charge is 2.25. The van der Waals surface area contributed by atoms with Crippen molar-refractivity contribution in [2.24, 2.45) is 5.92 Å². The summed E-state index contributed by atoms with van der Waals surface area (Å²) in [5.74, 6) is 1.61. The van der Waals surface area contributed by atoms with E-state index < -0.39 is 0 Å². The molecule has 0 spiro atoms. The van der Waals surface area contributed by atoms with Gasteiger partial charge in [-0.2, -0.15) is 0 Å². The third-order valence-electron chi connectivity index (χ3n) is 7.61. The minimum atomic E-state index is -0.142. The van der Waals surface area contributed by atoms with Gasteiger partial charge in [0.2, 0.25) is 0 Å². The number of carbonyl (C=O) groups excluding carboxylic acids is 1. The molecule has 3 aromatic carbocycles. The fourth-order valence-corrected chi connectivity index (χ4v) is 5.43. The predicted molar refractivity (Wildman–Crippen MR) is 138 cm³/mol. The van der Waals surface area contributed by atoms with Crippen molar-refractivity contribution < 1.29 is 4.79 Å². The second-order valence-electron chi connectivity index (χ2n) is 9.88. The van der Waals surface area contributed by atoms with Crippen molar-refractivity contribution in [3.8, 4) is 0 Å². The van der Waals surface area contributed by atoms with Gasteiger partial charge in [-0.25, -0.2) is 0 Å². The quantitative estimate of drug-likeness (QED) is 0.399. The molecule has 2 aliphatic rings. The molecule has 0 saturated heterocycles. The fourth-order valence-electron chi connectivity index (χ4n) is 5.43. The molecule has 1 unspecified atom stereocenters. The second-order valence-corrected chi connectivity index (χ2v) is 9.88. The molecule has 1 fully saturated rings. The number of fused-ring (bicyclic) bond motifs is 1. The number of hydrogen-bond donors (Lipinski definition) is 0. The maximum Gasteiger partial charge on any atom is 0.163 e. The van der Waals surface area contributed by atoms with Crippen molar-refractivity contribution in [3.05, 3.63) is 119 Å². The Labute approximate surface area is 197 Å². The van der Waals surface area contributed by atoms with Crippen molar-refractivity contribution in [2.75, 3.05) is 0 Å². The molecule has 33 heavy (non-hydrogen) atoms. The Morgan fingerprint density at radius 3 is 2.27 bits per heavy atom. The Morgan fingerprint density at radius 1 is 0.848 bits per heavy atom. The molecule has 0 aliphatic heterocycles. The summed E-state index contributed by atoms with van der Waals surface area (Å²) in [5, 5.41) is 0. The van der Waals surface area contributed by atoms with Crippen molar-refractivity contribution in [2.45, 2.75) is 50.9 Å².